The van der Waals surface area contributed by atoms with Gasteiger partial charge < -0.3 is 10.2 Å². The van der Waals surface area contributed by atoms with Crippen molar-refractivity contribution >= 4 is 8.32 Å². The van der Waals surface area contributed by atoms with E-state index in [9.17, 15) is 0 Å². The van der Waals surface area contributed by atoms with Crippen molar-refractivity contribution in [3.8, 4) is 0 Å². The van der Waals surface area contributed by atoms with E-state index in [0.29, 0.717) is 11.1 Å². The van der Waals surface area contributed by atoms with Crippen LogP contribution in [0.2, 0.25) is 18.1 Å². The van der Waals surface area contributed by atoms with Gasteiger partial charge in [0.05, 0.1) is 6.10 Å². The van der Waals surface area contributed by atoms with Gasteiger partial charge in [-0.3, -0.25) is 4.90 Å². The summed E-state index contributed by atoms with van der Waals surface area (Å²) in [5.41, 5.74) is 5.63. The standard InChI is InChI=1S/C13H30N2OSi/c1-13(2,3)17(4,5)16-12-7-6-9-15(11-12)10-8-14/h12H,6-11,14H2,1-5H3. The van der Waals surface area contributed by atoms with Crippen molar-refractivity contribution in [1.82, 2.24) is 4.90 Å². The zero-order valence-electron chi connectivity index (χ0n) is 12.3. The highest BCUT2D eigenvalue weighted by Crippen LogP contribution is 2.38. The van der Waals surface area contributed by atoms with E-state index in [-0.39, 0.29) is 0 Å². The molecule has 1 unspecified atom stereocenters. The second-order valence-electron chi connectivity index (χ2n) is 6.73. The van der Waals surface area contributed by atoms with Crippen LogP contribution in [0.5, 0.6) is 0 Å². The number of hydrogen-bond donors (Lipinski definition) is 1. The molecule has 1 aliphatic heterocycles. The Morgan fingerprint density at radius 2 is 2.00 bits per heavy atom. The molecule has 0 saturated carbocycles. The van der Waals surface area contributed by atoms with Crippen LogP contribution < -0.4 is 5.73 Å². The van der Waals surface area contributed by atoms with Crippen molar-refractivity contribution in [3.05, 3.63) is 0 Å². The van der Waals surface area contributed by atoms with Crippen LogP contribution in [0.3, 0.4) is 0 Å². The van der Waals surface area contributed by atoms with E-state index in [2.05, 4.69) is 38.8 Å². The zero-order chi connectivity index (χ0) is 13.1. The van der Waals surface area contributed by atoms with Crippen LogP contribution in [-0.4, -0.2) is 45.5 Å². The summed E-state index contributed by atoms with van der Waals surface area (Å²) in [5.74, 6) is 0. The predicted molar refractivity (Wildman–Crippen MR) is 76.8 cm³/mol. The monoisotopic (exact) mass is 258 g/mol. The van der Waals surface area contributed by atoms with Gasteiger partial charge in [-0.1, -0.05) is 20.8 Å². The van der Waals surface area contributed by atoms with Crippen LogP contribution in [0.25, 0.3) is 0 Å². The van der Waals surface area contributed by atoms with Gasteiger partial charge >= 0.3 is 0 Å². The van der Waals surface area contributed by atoms with E-state index in [1.807, 2.05) is 0 Å². The number of piperidine rings is 1. The van der Waals surface area contributed by atoms with E-state index in [1.54, 1.807) is 0 Å². The molecule has 1 rings (SSSR count). The Morgan fingerprint density at radius 1 is 1.35 bits per heavy atom. The number of hydrogen-bond acceptors (Lipinski definition) is 3. The van der Waals surface area contributed by atoms with Gasteiger partial charge in [0.15, 0.2) is 8.32 Å². The highest BCUT2D eigenvalue weighted by molar-refractivity contribution is 6.74. The van der Waals surface area contributed by atoms with E-state index in [0.717, 1.165) is 19.6 Å². The molecule has 0 aromatic heterocycles. The van der Waals surface area contributed by atoms with Gasteiger partial charge in [0, 0.05) is 19.6 Å². The minimum Gasteiger partial charge on any atom is -0.413 e. The molecule has 1 aliphatic rings. The third kappa shape index (κ3) is 4.36. The highest BCUT2D eigenvalue weighted by Gasteiger charge is 2.39. The molecule has 0 aromatic carbocycles. The summed E-state index contributed by atoms with van der Waals surface area (Å²) >= 11 is 0. The quantitative estimate of drug-likeness (QED) is 0.787. The van der Waals surface area contributed by atoms with Crippen LogP contribution in [0.1, 0.15) is 33.6 Å². The molecular weight excluding hydrogens is 228 g/mol. The van der Waals surface area contributed by atoms with Crippen LogP contribution in [-0.2, 0) is 4.43 Å². The van der Waals surface area contributed by atoms with E-state index in [4.69, 9.17) is 10.2 Å². The van der Waals surface area contributed by atoms with Gasteiger partial charge in [-0.25, -0.2) is 0 Å². The fraction of sp³-hybridized carbons (Fsp3) is 1.00. The smallest absolute Gasteiger partial charge is 0.192 e. The third-order valence-corrected chi connectivity index (χ3v) is 8.71. The molecule has 1 heterocycles. The molecule has 17 heavy (non-hydrogen) atoms. The van der Waals surface area contributed by atoms with Crippen LogP contribution in [0.15, 0.2) is 0 Å². The first kappa shape index (κ1) is 15.2. The van der Waals surface area contributed by atoms with E-state index < -0.39 is 8.32 Å². The van der Waals surface area contributed by atoms with Crippen molar-refractivity contribution in [2.75, 3.05) is 26.2 Å². The van der Waals surface area contributed by atoms with Crippen LogP contribution in [0.4, 0.5) is 0 Å². The first-order valence-corrected chi connectivity index (χ1v) is 9.77. The number of nitrogens with two attached hydrogens (primary N) is 1. The Hall–Kier alpha value is 0.0969. The Labute approximate surface area is 108 Å². The topological polar surface area (TPSA) is 38.5 Å². The SMILES string of the molecule is CC(C)(C)[Si](C)(C)OC1CCCN(CCN)C1. The van der Waals surface area contributed by atoms with Crippen LogP contribution in [0, 0.1) is 0 Å². The molecule has 0 spiro atoms. The predicted octanol–water partition coefficient (Wildman–Crippen LogP) is 2.43. The van der Waals surface area contributed by atoms with Gasteiger partial charge in [0.25, 0.3) is 0 Å². The molecule has 2 N–H and O–H groups in total. The molecular formula is C13H30N2OSi. The van der Waals surface area contributed by atoms with Crippen molar-refractivity contribution < 1.29 is 4.43 Å². The first-order valence-electron chi connectivity index (χ1n) is 6.86. The Bertz CT molecular complexity index is 236. The van der Waals surface area contributed by atoms with Crippen molar-refractivity contribution in [3.63, 3.8) is 0 Å². The summed E-state index contributed by atoms with van der Waals surface area (Å²) in [6.45, 7) is 15.6. The lowest BCUT2D eigenvalue weighted by atomic mass is 10.1. The third-order valence-electron chi connectivity index (χ3n) is 4.18. The van der Waals surface area contributed by atoms with E-state index in [1.165, 1.54) is 19.4 Å². The first-order chi connectivity index (χ1) is 7.76. The average Bonchev–Trinajstić information content (AvgIpc) is 2.16. The largest absolute Gasteiger partial charge is 0.413 e. The maximum atomic E-state index is 6.48. The number of rotatable bonds is 4. The Kier molecular flexibility index (Phi) is 5.19. The fourth-order valence-electron chi connectivity index (χ4n) is 2.09. The van der Waals surface area contributed by atoms with Crippen molar-refractivity contribution in [2.45, 2.75) is 57.8 Å². The minimum atomic E-state index is -1.60. The van der Waals surface area contributed by atoms with E-state index >= 15 is 0 Å². The average molecular weight is 258 g/mol. The number of nitrogens with zero attached hydrogens (tertiary/aromatic N) is 1. The lowest BCUT2D eigenvalue weighted by Crippen LogP contribution is -2.49. The van der Waals surface area contributed by atoms with Gasteiger partial charge in [-0.2, -0.15) is 0 Å². The minimum absolute atomic E-state index is 0.309. The van der Waals surface area contributed by atoms with Gasteiger partial charge in [0.2, 0.25) is 0 Å². The maximum Gasteiger partial charge on any atom is 0.192 e. The van der Waals surface area contributed by atoms with Crippen molar-refractivity contribution in [2.24, 2.45) is 5.73 Å². The molecule has 1 atom stereocenters. The molecule has 0 aromatic rings. The zero-order valence-corrected chi connectivity index (χ0v) is 13.3. The molecule has 4 heteroatoms. The van der Waals surface area contributed by atoms with Gasteiger partial charge in [-0.05, 0) is 37.5 Å². The summed E-state index contributed by atoms with van der Waals surface area (Å²) in [6, 6.07) is 0. The molecule has 1 saturated heterocycles. The fourth-order valence-corrected chi connectivity index (χ4v) is 3.47. The lowest BCUT2D eigenvalue weighted by molar-refractivity contribution is 0.0798. The second-order valence-corrected chi connectivity index (χ2v) is 11.5. The molecule has 0 aliphatic carbocycles. The normalized spacial score (nSPS) is 24.0. The summed E-state index contributed by atoms with van der Waals surface area (Å²) < 4.78 is 6.48. The number of likely N-dealkylation sites (tertiary alicyclic amines) is 1. The summed E-state index contributed by atoms with van der Waals surface area (Å²) in [5, 5.41) is 0.309. The second kappa shape index (κ2) is 5.82. The summed E-state index contributed by atoms with van der Waals surface area (Å²) in [4.78, 5) is 2.45. The Balaban J connectivity index is 2.51. The molecule has 1 fully saturated rings. The maximum absolute atomic E-state index is 6.48. The molecule has 0 radical (unpaired) electrons. The van der Waals surface area contributed by atoms with Gasteiger partial charge in [0.1, 0.15) is 0 Å². The van der Waals surface area contributed by atoms with Crippen molar-refractivity contribution in [1.29, 1.82) is 0 Å². The van der Waals surface area contributed by atoms with Gasteiger partial charge in [-0.15, -0.1) is 0 Å². The summed E-state index contributed by atoms with van der Waals surface area (Å²) in [7, 11) is -1.60. The molecule has 0 amide bonds. The molecule has 3 nitrogen and oxygen atoms in total. The Morgan fingerprint density at radius 3 is 2.53 bits per heavy atom. The molecule has 102 valence electrons. The highest BCUT2D eigenvalue weighted by atomic mass is 28.4. The summed E-state index contributed by atoms with van der Waals surface area (Å²) in [6.07, 6.45) is 2.89. The molecule has 0 bridgehead atoms. The van der Waals surface area contributed by atoms with Crippen LogP contribution >= 0.6 is 0 Å². The lowest BCUT2D eigenvalue weighted by Gasteiger charge is -2.42.